The molecule has 0 saturated heterocycles. The lowest BCUT2D eigenvalue weighted by molar-refractivity contribution is 0.220. The molecule has 0 bridgehead atoms. The zero-order valence-electron chi connectivity index (χ0n) is 17.3. The van der Waals surface area contributed by atoms with Crippen molar-refractivity contribution in [1.82, 2.24) is 10.2 Å². The fraction of sp³-hybridized carbons (Fsp3) is 0.208. The maximum atomic E-state index is 12.8. The summed E-state index contributed by atoms with van der Waals surface area (Å²) in [6, 6.07) is 21.6. The third-order valence-electron chi connectivity index (χ3n) is 5.33. The average molecular weight is 436 g/mol. The number of anilines is 1. The number of carbonyl (C=O) groups excluding carboxylic acids is 1. The Morgan fingerprint density at radius 3 is 2.39 bits per heavy atom. The molecule has 3 aromatic rings. The van der Waals surface area contributed by atoms with Crippen molar-refractivity contribution in [2.45, 2.75) is 30.3 Å². The van der Waals surface area contributed by atoms with Crippen LogP contribution >= 0.6 is 0 Å². The molecule has 0 radical (unpaired) electrons. The number of urea groups is 1. The highest BCUT2D eigenvalue weighted by Gasteiger charge is 2.18. The summed E-state index contributed by atoms with van der Waals surface area (Å²) >= 11 is 0. The predicted octanol–water partition coefficient (Wildman–Crippen LogP) is 3.93. The van der Waals surface area contributed by atoms with Crippen LogP contribution in [-0.4, -0.2) is 26.4 Å². The summed E-state index contributed by atoms with van der Waals surface area (Å²) in [6.45, 7) is 2.09. The first kappa shape index (κ1) is 21.1. The van der Waals surface area contributed by atoms with Crippen LogP contribution in [0.2, 0.25) is 0 Å². The van der Waals surface area contributed by atoms with Gasteiger partial charge in [-0.15, -0.1) is 0 Å². The summed E-state index contributed by atoms with van der Waals surface area (Å²) in [7, 11) is -1.76. The van der Waals surface area contributed by atoms with Crippen LogP contribution in [0.5, 0.6) is 0 Å². The lowest BCUT2D eigenvalue weighted by Crippen LogP contribution is -2.30. The molecule has 0 saturated carbocycles. The first-order valence-electron chi connectivity index (χ1n) is 10.1. The zero-order chi connectivity index (χ0) is 21.8. The molecule has 0 fully saturated rings. The highest BCUT2D eigenvalue weighted by Crippen LogP contribution is 2.22. The van der Waals surface area contributed by atoms with Crippen LogP contribution in [0.1, 0.15) is 22.3 Å². The van der Waals surface area contributed by atoms with Crippen LogP contribution in [0.3, 0.4) is 0 Å². The number of nitrogens with zero attached hydrogens (tertiary/aromatic N) is 1. The van der Waals surface area contributed by atoms with E-state index in [4.69, 9.17) is 0 Å². The normalized spacial score (nSPS) is 12.9. The number of rotatable bonds is 6. The zero-order valence-corrected chi connectivity index (χ0v) is 18.2. The summed E-state index contributed by atoms with van der Waals surface area (Å²) in [5, 5.41) is 6.07. The van der Waals surface area contributed by atoms with Crippen LogP contribution < -0.4 is 10.6 Å². The van der Waals surface area contributed by atoms with E-state index in [9.17, 15) is 13.2 Å². The number of carbonyl (C=O) groups is 1. The van der Waals surface area contributed by atoms with Gasteiger partial charge < -0.3 is 15.5 Å². The van der Waals surface area contributed by atoms with Gasteiger partial charge in [-0.3, -0.25) is 0 Å². The Bertz CT molecular complexity index is 1180. The quantitative estimate of drug-likeness (QED) is 0.615. The van der Waals surface area contributed by atoms with Crippen molar-refractivity contribution in [3.8, 4) is 0 Å². The molecule has 160 valence electrons. The Hall–Kier alpha value is -3.16. The first-order valence-corrected chi connectivity index (χ1v) is 11.8. The Kier molecular flexibility index (Phi) is 6.06. The molecule has 0 atom stereocenters. The van der Waals surface area contributed by atoms with Gasteiger partial charge in [0, 0.05) is 32.4 Å². The summed E-state index contributed by atoms with van der Waals surface area (Å²) in [6.07, 6.45) is 0. The minimum Gasteiger partial charge on any atom is -0.323 e. The standard InChI is InChI=1S/C24H25N3O3S/c1-27(16-18-5-3-2-4-6-18)24(28)26-22-9-11-23(12-10-22)31(29,30)17-19-7-8-20-14-25-15-21(20)13-19/h2-13,25H,14-17H2,1H3,(H,26,28). The van der Waals surface area contributed by atoms with Crippen LogP contribution in [0.25, 0.3) is 0 Å². The van der Waals surface area contributed by atoms with Gasteiger partial charge in [0.1, 0.15) is 0 Å². The van der Waals surface area contributed by atoms with Crippen molar-refractivity contribution in [1.29, 1.82) is 0 Å². The van der Waals surface area contributed by atoms with Gasteiger partial charge in [-0.05, 0) is 46.5 Å². The number of hydrogen-bond donors (Lipinski definition) is 2. The molecular formula is C24H25N3O3S. The summed E-state index contributed by atoms with van der Waals surface area (Å²) in [5.74, 6) is -0.0498. The Morgan fingerprint density at radius 1 is 0.935 bits per heavy atom. The van der Waals surface area contributed by atoms with Crippen molar-refractivity contribution < 1.29 is 13.2 Å². The highest BCUT2D eigenvalue weighted by atomic mass is 32.2. The largest absolute Gasteiger partial charge is 0.323 e. The summed E-state index contributed by atoms with van der Waals surface area (Å²) in [4.78, 5) is 14.2. The van der Waals surface area contributed by atoms with Gasteiger partial charge in [-0.2, -0.15) is 0 Å². The molecule has 6 nitrogen and oxygen atoms in total. The third-order valence-corrected chi connectivity index (χ3v) is 7.04. The fourth-order valence-electron chi connectivity index (χ4n) is 3.63. The van der Waals surface area contributed by atoms with Gasteiger partial charge in [-0.25, -0.2) is 13.2 Å². The summed E-state index contributed by atoms with van der Waals surface area (Å²) in [5.41, 5.74) is 4.74. The third kappa shape index (κ3) is 5.13. The monoisotopic (exact) mass is 435 g/mol. The second-order valence-corrected chi connectivity index (χ2v) is 9.75. The van der Waals surface area contributed by atoms with Crippen molar-refractivity contribution in [2.24, 2.45) is 0 Å². The van der Waals surface area contributed by atoms with E-state index >= 15 is 0 Å². The molecule has 4 rings (SSSR count). The highest BCUT2D eigenvalue weighted by molar-refractivity contribution is 7.90. The number of sulfone groups is 1. The van der Waals surface area contributed by atoms with Gasteiger partial charge in [0.15, 0.2) is 9.84 Å². The molecule has 1 aliphatic rings. The predicted molar refractivity (Wildman–Crippen MR) is 121 cm³/mol. The lowest BCUT2D eigenvalue weighted by atomic mass is 10.1. The molecule has 31 heavy (non-hydrogen) atoms. The molecule has 0 aromatic heterocycles. The van der Waals surface area contributed by atoms with E-state index in [0.29, 0.717) is 12.2 Å². The second-order valence-electron chi connectivity index (χ2n) is 7.76. The van der Waals surface area contributed by atoms with E-state index in [-0.39, 0.29) is 16.7 Å². The van der Waals surface area contributed by atoms with Gasteiger partial charge in [0.2, 0.25) is 0 Å². The van der Waals surface area contributed by atoms with Crippen molar-refractivity contribution in [2.75, 3.05) is 12.4 Å². The molecule has 0 aliphatic carbocycles. The molecule has 1 aliphatic heterocycles. The topological polar surface area (TPSA) is 78.5 Å². The van der Waals surface area contributed by atoms with Crippen molar-refractivity contribution in [3.63, 3.8) is 0 Å². The second kappa shape index (κ2) is 8.91. The van der Waals surface area contributed by atoms with Crippen LogP contribution in [0, 0.1) is 0 Å². The minimum absolute atomic E-state index is 0.0498. The van der Waals surface area contributed by atoms with E-state index in [2.05, 4.69) is 10.6 Å². The molecule has 0 spiro atoms. The molecule has 0 unspecified atom stereocenters. The molecule has 2 N–H and O–H groups in total. The molecule has 1 heterocycles. The van der Waals surface area contributed by atoms with Gasteiger partial charge >= 0.3 is 6.03 Å². The van der Waals surface area contributed by atoms with E-state index < -0.39 is 9.84 Å². The fourth-order valence-corrected chi connectivity index (χ4v) is 4.97. The van der Waals surface area contributed by atoms with Gasteiger partial charge in [0.25, 0.3) is 0 Å². The Morgan fingerprint density at radius 2 is 1.65 bits per heavy atom. The van der Waals surface area contributed by atoms with E-state index in [1.54, 1.807) is 24.1 Å². The van der Waals surface area contributed by atoms with Gasteiger partial charge in [0.05, 0.1) is 10.6 Å². The summed E-state index contributed by atoms with van der Waals surface area (Å²) < 4.78 is 25.7. The smallest absolute Gasteiger partial charge is 0.321 e. The number of benzene rings is 3. The minimum atomic E-state index is -3.48. The Balaban J connectivity index is 1.39. The first-order chi connectivity index (χ1) is 14.9. The number of amides is 2. The van der Waals surface area contributed by atoms with E-state index in [1.165, 1.54) is 17.7 Å². The number of hydrogen-bond acceptors (Lipinski definition) is 4. The van der Waals surface area contributed by atoms with Crippen LogP contribution in [-0.2, 0) is 35.2 Å². The lowest BCUT2D eigenvalue weighted by Gasteiger charge is -2.18. The number of fused-ring (bicyclic) bond motifs is 1. The maximum absolute atomic E-state index is 12.8. The van der Waals surface area contributed by atoms with Crippen LogP contribution in [0.15, 0.2) is 77.7 Å². The Labute approximate surface area is 182 Å². The maximum Gasteiger partial charge on any atom is 0.321 e. The molecule has 3 aromatic carbocycles. The van der Waals surface area contributed by atoms with Crippen LogP contribution in [0.4, 0.5) is 10.5 Å². The van der Waals surface area contributed by atoms with Crippen molar-refractivity contribution in [3.05, 3.63) is 95.1 Å². The SMILES string of the molecule is CN(Cc1ccccc1)C(=O)Nc1ccc(S(=O)(=O)Cc2ccc3c(c2)CNC3)cc1. The average Bonchev–Trinajstić information content (AvgIpc) is 3.22. The molecular weight excluding hydrogens is 410 g/mol. The van der Waals surface area contributed by atoms with E-state index in [1.807, 2.05) is 48.5 Å². The van der Waals surface area contributed by atoms with Crippen molar-refractivity contribution >= 4 is 21.6 Å². The van der Waals surface area contributed by atoms with E-state index in [0.717, 1.165) is 29.8 Å². The van der Waals surface area contributed by atoms with Gasteiger partial charge in [-0.1, -0.05) is 48.5 Å². The molecule has 2 amide bonds. The molecule has 7 heteroatoms. The number of nitrogens with one attached hydrogen (secondary N) is 2.